The molecule has 1 aliphatic carbocycles. The lowest BCUT2D eigenvalue weighted by Gasteiger charge is -2.17. The van der Waals surface area contributed by atoms with Crippen molar-refractivity contribution in [3.05, 3.63) is 29.8 Å². The number of hydrogen-bond donors (Lipinski definition) is 2. The van der Waals surface area contributed by atoms with E-state index in [4.69, 9.17) is 5.11 Å². The summed E-state index contributed by atoms with van der Waals surface area (Å²) in [5.41, 5.74) is 0.680. The minimum absolute atomic E-state index is 0.125. The predicted octanol–water partition coefficient (Wildman–Crippen LogP) is 3.64. The molecule has 0 heterocycles. The first-order valence-corrected chi connectivity index (χ1v) is 6.08. The van der Waals surface area contributed by atoms with Crippen LogP contribution in [0.5, 0.6) is 0 Å². The van der Waals surface area contributed by atoms with Crippen LogP contribution in [0, 0.1) is 0 Å². The largest absolute Gasteiger partial charge is 0.418 e. The Morgan fingerprint density at radius 1 is 1.11 bits per heavy atom. The highest BCUT2D eigenvalue weighted by molar-refractivity contribution is 5.46. The lowest BCUT2D eigenvalue weighted by atomic mass is 10.1. The average Bonchev–Trinajstić information content (AvgIpc) is 2.81. The van der Waals surface area contributed by atoms with E-state index in [1.807, 2.05) is 0 Å². The summed E-state index contributed by atoms with van der Waals surface area (Å²) < 4.78 is 36.9. The maximum absolute atomic E-state index is 12.3. The van der Waals surface area contributed by atoms with Gasteiger partial charge in [-0.25, -0.2) is 0 Å². The van der Waals surface area contributed by atoms with Gasteiger partial charge in [-0.1, -0.05) is 25.0 Å². The van der Waals surface area contributed by atoms with Gasteiger partial charge in [0.2, 0.25) is 0 Å². The molecule has 2 nitrogen and oxygen atoms in total. The zero-order valence-electron chi connectivity index (χ0n) is 9.87. The van der Waals surface area contributed by atoms with Crippen LogP contribution < -0.4 is 5.32 Å². The highest BCUT2D eigenvalue weighted by atomic mass is 19.4. The third-order valence-corrected chi connectivity index (χ3v) is 3.26. The van der Waals surface area contributed by atoms with Crippen molar-refractivity contribution in [2.24, 2.45) is 0 Å². The summed E-state index contributed by atoms with van der Waals surface area (Å²) in [5, 5.41) is 12.4. The molecule has 0 bridgehead atoms. The molecular formula is C13H16F3NO. The van der Waals surface area contributed by atoms with Crippen LogP contribution in [0.1, 0.15) is 37.4 Å². The smallest absolute Gasteiger partial charge is 0.382 e. The second kappa shape index (κ2) is 5.18. The molecule has 1 saturated carbocycles. The van der Waals surface area contributed by atoms with Crippen molar-refractivity contribution in [1.29, 1.82) is 0 Å². The van der Waals surface area contributed by atoms with Crippen molar-refractivity contribution < 1.29 is 18.3 Å². The molecule has 1 atom stereocenters. The van der Waals surface area contributed by atoms with Gasteiger partial charge in [0, 0.05) is 11.7 Å². The molecule has 0 saturated heterocycles. The van der Waals surface area contributed by atoms with Crippen molar-refractivity contribution in [3.8, 4) is 0 Å². The SMILES string of the molecule is OC(c1ccc(NC2CCCC2)cc1)C(F)(F)F. The van der Waals surface area contributed by atoms with Crippen LogP contribution in [0.4, 0.5) is 18.9 Å². The van der Waals surface area contributed by atoms with Crippen LogP contribution in [0.25, 0.3) is 0 Å². The number of hydrogen-bond acceptors (Lipinski definition) is 2. The van der Waals surface area contributed by atoms with Gasteiger partial charge < -0.3 is 10.4 Å². The third kappa shape index (κ3) is 3.16. The van der Waals surface area contributed by atoms with Crippen molar-refractivity contribution >= 4 is 5.69 Å². The zero-order chi connectivity index (χ0) is 13.2. The summed E-state index contributed by atoms with van der Waals surface area (Å²) in [6, 6.07) is 6.22. The van der Waals surface area contributed by atoms with E-state index in [0.29, 0.717) is 6.04 Å². The quantitative estimate of drug-likeness (QED) is 0.868. The Balaban J connectivity index is 2.00. The van der Waals surface area contributed by atoms with Gasteiger partial charge in [0.05, 0.1) is 0 Å². The number of benzene rings is 1. The van der Waals surface area contributed by atoms with Crippen LogP contribution in [-0.2, 0) is 0 Å². The number of alkyl halides is 3. The standard InChI is InChI=1S/C13H16F3NO/c14-13(15,16)12(18)9-5-7-11(8-6-9)17-10-3-1-2-4-10/h5-8,10,12,17-18H,1-4H2. The first kappa shape index (κ1) is 13.2. The molecule has 100 valence electrons. The second-order valence-corrected chi connectivity index (χ2v) is 4.69. The van der Waals surface area contributed by atoms with Crippen molar-refractivity contribution in [2.45, 2.75) is 44.0 Å². The Kier molecular flexibility index (Phi) is 3.80. The van der Waals surface area contributed by atoms with E-state index in [1.54, 1.807) is 12.1 Å². The average molecular weight is 259 g/mol. The molecule has 1 aromatic carbocycles. The van der Waals surface area contributed by atoms with Gasteiger partial charge in [-0.3, -0.25) is 0 Å². The normalized spacial score (nSPS) is 18.9. The van der Waals surface area contributed by atoms with E-state index in [2.05, 4.69) is 5.32 Å². The maximum atomic E-state index is 12.3. The Morgan fingerprint density at radius 3 is 2.17 bits per heavy atom. The van der Waals surface area contributed by atoms with Gasteiger partial charge in [0.1, 0.15) is 0 Å². The summed E-state index contributed by atoms with van der Waals surface area (Å²) >= 11 is 0. The molecular weight excluding hydrogens is 243 g/mol. The zero-order valence-corrected chi connectivity index (χ0v) is 9.87. The van der Waals surface area contributed by atoms with E-state index in [0.717, 1.165) is 18.5 Å². The van der Waals surface area contributed by atoms with E-state index >= 15 is 0 Å². The minimum Gasteiger partial charge on any atom is -0.382 e. The first-order valence-electron chi connectivity index (χ1n) is 6.08. The van der Waals surface area contributed by atoms with E-state index in [-0.39, 0.29) is 5.56 Å². The molecule has 0 spiro atoms. The minimum atomic E-state index is -4.61. The van der Waals surface area contributed by atoms with Gasteiger partial charge in [-0.2, -0.15) is 13.2 Å². The Labute approximate surface area is 104 Å². The summed E-state index contributed by atoms with van der Waals surface area (Å²) in [6.45, 7) is 0. The summed E-state index contributed by atoms with van der Waals surface area (Å²) in [4.78, 5) is 0. The van der Waals surface area contributed by atoms with Crippen molar-refractivity contribution in [2.75, 3.05) is 5.32 Å². The molecule has 1 fully saturated rings. The topological polar surface area (TPSA) is 32.3 Å². The number of rotatable bonds is 3. The molecule has 2 N–H and O–H groups in total. The van der Waals surface area contributed by atoms with Gasteiger partial charge in [0.25, 0.3) is 0 Å². The molecule has 5 heteroatoms. The fraction of sp³-hybridized carbons (Fsp3) is 0.538. The monoisotopic (exact) mass is 259 g/mol. The Morgan fingerprint density at radius 2 is 1.67 bits per heavy atom. The molecule has 0 aromatic heterocycles. The molecule has 0 aliphatic heterocycles. The predicted molar refractivity (Wildman–Crippen MR) is 63.3 cm³/mol. The third-order valence-electron chi connectivity index (χ3n) is 3.26. The molecule has 1 aliphatic rings. The van der Waals surface area contributed by atoms with Gasteiger partial charge >= 0.3 is 6.18 Å². The molecule has 0 amide bonds. The Hall–Kier alpha value is -1.23. The fourth-order valence-electron chi connectivity index (χ4n) is 2.26. The van der Waals surface area contributed by atoms with Crippen LogP contribution in [0.2, 0.25) is 0 Å². The van der Waals surface area contributed by atoms with E-state index in [1.165, 1.54) is 25.0 Å². The second-order valence-electron chi connectivity index (χ2n) is 4.69. The van der Waals surface area contributed by atoms with Gasteiger partial charge in [-0.05, 0) is 30.5 Å². The first-order chi connectivity index (χ1) is 8.47. The number of anilines is 1. The summed E-state index contributed by atoms with van der Waals surface area (Å²) in [6.07, 6.45) is -2.41. The van der Waals surface area contributed by atoms with E-state index < -0.39 is 12.3 Å². The van der Waals surface area contributed by atoms with Crippen LogP contribution in [0.15, 0.2) is 24.3 Å². The van der Waals surface area contributed by atoms with Gasteiger partial charge in [-0.15, -0.1) is 0 Å². The molecule has 18 heavy (non-hydrogen) atoms. The maximum Gasteiger partial charge on any atom is 0.418 e. The summed E-state index contributed by atoms with van der Waals surface area (Å²) in [5.74, 6) is 0. The fourth-order valence-corrected chi connectivity index (χ4v) is 2.26. The lowest BCUT2D eigenvalue weighted by Crippen LogP contribution is -2.20. The molecule has 0 radical (unpaired) electrons. The van der Waals surface area contributed by atoms with Crippen LogP contribution in [0.3, 0.4) is 0 Å². The van der Waals surface area contributed by atoms with Crippen LogP contribution in [-0.4, -0.2) is 17.3 Å². The Bertz CT molecular complexity index is 382. The number of halogens is 3. The molecule has 1 aromatic rings. The summed E-state index contributed by atoms with van der Waals surface area (Å²) in [7, 11) is 0. The van der Waals surface area contributed by atoms with E-state index in [9.17, 15) is 13.2 Å². The lowest BCUT2D eigenvalue weighted by molar-refractivity contribution is -0.206. The number of aliphatic hydroxyl groups is 1. The molecule has 2 rings (SSSR count). The number of nitrogens with one attached hydrogen (secondary N) is 1. The molecule has 1 unspecified atom stereocenters. The number of aliphatic hydroxyl groups excluding tert-OH is 1. The van der Waals surface area contributed by atoms with Crippen molar-refractivity contribution in [1.82, 2.24) is 0 Å². The van der Waals surface area contributed by atoms with Crippen molar-refractivity contribution in [3.63, 3.8) is 0 Å². The van der Waals surface area contributed by atoms with Gasteiger partial charge in [0.15, 0.2) is 6.10 Å². The van der Waals surface area contributed by atoms with Crippen LogP contribution >= 0.6 is 0 Å². The highest BCUT2D eigenvalue weighted by Crippen LogP contribution is 2.33. The highest BCUT2D eigenvalue weighted by Gasteiger charge is 2.39.